The normalized spacial score (nSPS) is 12.6. The van der Waals surface area contributed by atoms with E-state index in [4.69, 9.17) is 4.74 Å². The van der Waals surface area contributed by atoms with Crippen molar-refractivity contribution in [2.24, 2.45) is 0 Å². The lowest BCUT2D eigenvalue weighted by atomic mass is 10.2. The second-order valence-electron chi connectivity index (χ2n) is 4.67. The van der Waals surface area contributed by atoms with Crippen LogP contribution in [0.5, 0.6) is 0 Å². The zero-order chi connectivity index (χ0) is 15.4. The van der Waals surface area contributed by atoms with E-state index in [9.17, 15) is 8.78 Å². The number of aromatic nitrogens is 4. The van der Waals surface area contributed by atoms with Crippen molar-refractivity contribution in [2.45, 2.75) is 19.9 Å². The lowest BCUT2D eigenvalue weighted by Gasteiger charge is -2.14. The van der Waals surface area contributed by atoms with Gasteiger partial charge in [-0.05, 0) is 35.9 Å². The Balaban J connectivity index is 2.30. The van der Waals surface area contributed by atoms with E-state index in [0.29, 0.717) is 19.0 Å². The Morgan fingerprint density at radius 3 is 2.81 bits per heavy atom. The molecule has 2 rings (SSSR count). The van der Waals surface area contributed by atoms with Crippen molar-refractivity contribution in [1.82, 2.24) is 25.5 Å². The quantitative estimate of drug-likeness (QED) is 0.820. The first kappa shape index (κ1) is 15.5. The summed E-state index contributed by atoms with van der Waals surface area (Å²) in [5.74, 6) is -0.687. The second kappa shape index (κ2) is 6.68. The molecule has 1 unspecified atom stereocenters. The third kappa shape index (κ3) is 3.40. The Hall–Kier alpha value is -1.93. The molecule has 0 saturated heterocycles. The summed E-state index contributed by atoms with van der Waals surface area (Å²) < 4.78 is 33.8. The lowest BCUT2D eigenvalue weighted by Crippen LogP contribution is -2.25. The maximum atomic E-state index is 14.0. The van der Waals surface area contributed by atoms with Crippen molar-refractivity contribution in [2.75, 3.05) is 20.3 Å². The van der Waals surface area contributed by atoms with Crippen LogP contribution in [0.1, 0.15) is 24.4 Å². The van der Waals surface area contributed by atoms with E-state index in [1.165, 1.54) is 11.6 Å². The Labute approximate surface area is 121 Å². The maximum Gasteiger partial charge on any atom is 0.173 e. The monoisotopic (exact) mass is 297 g/mol. The van der Waals surface area contributed by atoms with Crippen LogP contribution in [-0.2, 0) is 4.74 Å². The Bertz CT molecular complexity index is 617. The maximum absolute atomic E-state index is 14.0. The van der Waals surface area contributed by atoms with E-state index in [2.05, 4.69) is 20.8 Å². The van der Waals surface area contributed by atoms with Crippen LogP contribution in [0.25, 0.3) is 5.69 Å². The summed E-state index contributed by atoms with van der Waals surface area (Å²) in [7, 11) is 1.60. The highest BCUT2D eigenvalue weighted by Gasteiger charge is 2.19. The van der Waals surface area contributed by atoms with E-state index < -0.39 is 11.6 Å². The fourth-order valence-electron chi connectivity index (χ4n) is 1.90. The van der Waals surface area contributed by atoms with Gasteiger partial charge < -0.3 is 10.1 Å². The Morgan fingerprint density at radius 2 is 2.10 bits per heavy atom. The van der Waals surface area contributed by atoms with Crippen molar-refractivity contribution in [3.05, 3.63) is 35.2 Å². The number of hydrogen-bond donors (Lipinski definition) is 1. The molecule has 6 nitrogen and oxygen atoms in total. The van der Waals surface area contributed by atoms with Gasteiger partial charge in [0.1, 0.15) is 17.3 Å². The number of hydrogen-bond acceptors (Lipinski definition) is 5. The zero-order valence-electron chi connectivity index (χ0n) is 12.1. The molecule has 1 N–H and O–H groups in total. The highest BCUT2D eigenvalue weighted by Crippen LogP contribution is 2.20. The first-order valence-corrected chi connectivity index (χ1v) is 6.51. The lowest BCUT2D eigenvalue weighted by molar-refractivity contribution is 0.196. The summed E-state index contributed by atoms with van der Waals surface area (Å²) in [5, 5.41) is 14.3. The molecule has 8 heteroatoms. The van der Waals surface area contributed by atoms with Gasteiger partial charge in [0.2, 0.25) is 0 Å². The number of halogens is 2. The molecular weight excluding hydrogens is 280 g/mol. The predicted octanol–water partition coefficient (Wildman–Crippen LogP) is 1.55. The number of tetrazole rings is 1. The predicted molar refractivity (Wildman–Crippen MR) is 72.1 cm³/mol. The minimum absolute atomic E-state index is 0.0153. The van der Waals surface area contributed by atoms with Crippen molar-refractivity contribution in [1.29, 1.82) is 0 Å². The van der Waals surface area contributed by atoms with Crippen LogP contribution in [-0.4, -0.2) is 40.5 Å². The van der Waals surface area contributed by atoms with Gasteiger partial charge in [0.05, 0.1) is 12.6 Å². The summed E-state index contributed by atoms with van der Waals surface area (Å²) in [4.78, 5) is 0. The molecule has 1 heterocycles. The van der Waals surface area contributed by atoms with Gasteiger partial charge in [-0.2, -0.15) is 4.68 Å². The van der Waals surface area contributed by atoms with E-state index in [1.807, 2.05) is 6.92 Å². The van der Waals surface area contributed by atoms with Crippen molar-refractivity contribution >= 4 is 0 Å². The number of aryl methyl sites for hydroxylation is 1. The fourth-order valence-corrected chi connectivity index (χ4v) is 1.90. The molecule has 0 aliphatic heterocycles. The Kier molecular flexibility index (Phi) is 4.92. The number of methoxy groups -OCH3 is 1. The van der Waals surface area contributed by atoms with Crippen LogP contribution < -0.4 is 5.32 Å². The number of ether oxygens (including phenoxy) is 1. The van der Waals surface area contributed by atoms with Crippen LogP contribution in [0, 0.1) is 18.6 Å². The molecule has 0 radical (unpaired) electrons. The summed E-state index contributed by atoms with van der Waals surface area (Å²) in [6.45, 7) is 4.45. The van der Waals surface area contributed by atoms with Crippen LogP contribution in [0.15, 0.2) is 12.1 Å². The van der Waals surface area contributed by atoms with Crippen LogP contribution in [0.3, 0.4) is 0 Å². The summed E-state index contributed by atoms with van der Waals surface area (Å²) in [5.41, 5.74) is 0.218. The topological polar surface area (TPSA) is 64.9 Å². The van der Waals surface area contributed by atoms with Crippen molar-refractivity contribution in [3.63, 3.8) is 0 Å². The van der Waals surface area contributed by atoms with Crippen molar-refractivity contribution < 1.29 is 13.5 Å². The van der Waals surface area contributed by atoms with Gasteiger partial charge in [0.15, 0.2) is 5.82 Å². The molecule has 0 spiro atoms. The molecule has 0 amide bonds. The third-order valence-electron chi connectivity index (χ3n) is 3.09. The fraction of sp³-hybridized carbons (Fsp3) is 0.462. The van der Waals surface area contributed by atoms with Crippen LogP contribution in [0.4, 0.5) is 8.78 Å². The second-order valence-corrected chi connectivity index (χ2v) is 4.67. The number of rotatable bonds is 6. The zero-order valence-corrected chi connectivity index (χ0v) is 12.1. The smallest absolute Gasteiger partial charge is 0.173 e. The SMILES string of the molecule is COCCNC(C)c1nnnn1-c1cc(F)c(C)cc1F. The number of nitrogens with zero attached hydrogens (tertiary/aromatic N) is 4. The highest BCUT2D eigenvalue weighted by molar-refractivity contribution is 5.37. The molecule has 0 aliphatic rings. The molecule has 0 saturated carbocycles. The van der Waals surface area contributed by atoms with E-state index in [0.717, 1.165) is 12.1 Å². The number of benzene rings is 1. The molecule has 0 bridgehead atoms. The first-order valence-electron chi connectivity index (χ1n) is 6.51. The average Bonchev–Trinajstić information content (AvgIpc) is 2.92. The molecule has 1 aromatic carbocycles. The minimum atomic E-state index is -0.577. The van der Waals surface area contributed by atoms with Gasteiger partial charge in [-0.1, -0.05) is 0 Å². The third-order valence-corrected chi connectivity index (χ3v) is 3.09. The molecule has 0 aliphatic carbocycles. The highest BCUT2D eigenvalue weighted by atomic mass is 19.1. The molecule has 2 aromatic rings. The van der Waals surface area contributed by atoms with Gasteiger partial charge in [-0.25, -0.2) is 8.78 Å². The van der Waals surface area contributed by atoms with Gasteiger partial charge >= 0.3 is 0 Å². The molecule has 114 valence electrons. The first-order chi connectivity index (χ1) is 10.0. The largest absolute Gasteiger partial charge is 0.383 e. The minimum Gasteiger partial charge on any atom is -0.383 e. The van der Waals surface area contributed by atoms with Crippen LogP contribution in [0.2, 0.25) is 0 Å². The molecular formula is C13H17F2N5O. The molecule has 21 heavy (non-hydrogen) atoms. The molecule has 1 atom stereocenters. The standard InChI is InChI=1S/C13H17F2N5O/c1-8-6-11(15)12(7-10(8)14)20-13(17-18-19-20)9(2)16-4-5-21-3/h6-7,9,16H,4-5H2,1-3H3. The average molecular weight is 297 g/mol. The van der Waals surface area contributed by atoms with E-state index in [-0.39, 0.29) is 17.3 Å². The summed E-state index contributed by atoms with van der Waals surface area (Å²) in [6, 6.07) is 1.98. The summed E-state index contributed by atoms with van der Waals surface area (Å²) in [6.07, 6.45) is 0. The molecule has 1 aromatic heterocycles. The van der Waals surface area contributed by atoms with E-state index >= 15 is 0 Å². The van der Waals surface area contributed by atoms with Crippen molar-refractivity contribution in [3.8, 4) is 5.69 Å². The van der Waals surface area contributed by atoms with Crippen LogP contribution >= 0.6 is 0 Å². The van der Waals surface area contributed by atoms with Gasteiger partial charge in [0.25, 0.3) is 0 Å². The van der Waals surface area contributed by atoms with Gasteiger partial charge in [-0.3, -0.25) is 0 Å². The molecule has 0 fully saturated rings. The summed E-state index contributed by atoms with van der Waals surface area (Å²) >= 11 is 0. The number of nitrogens with one attached hydrogen (secondary N) is 1. The van der Waals surface area contributed by atoms with Gasteiger partial charge in [-0.15, -0.1) is 5.10 Å². The Morgan fingerprint density at radius 1 is 1.33 bits per heavy atom. The van der Waals surface area contributed by atoms with Gasteiger partial charge in [0, 0.05) is 19.7 Å². The van der Waals surface area contributed by atoms with E-state index in [1.54, 1.807) is 7.11 Å².